The fraction of sp³-hybridized carbons (Fsp3) is 0.533. The molecule has 6 nitrogen and oxygen atoms in total. The molecule has 0 N–H and O–H groups in total. The fourth-order valence-electron chi connectivity index (χ4n) is 2.11. The Morgan fingerprint density at radius 3 is 2.22 bits per heavy atom. The van der Waals surface area contributed by atoms with E-state index >= 15 is 0 Å². The molecule has 126 valence electrons. The maximum atomic E-state index is 12.2. The third-order valence-corrected chi connectivity index (χ3v) is 3.15. The molecule has 2 heterocycles. The quantitative estimate of drug-likeness (QED) is 0.836. The van der Waals surface area contributed by atoms with Gasteiger partial charge in [0.15, 0.2) is 0 Å². The molecule has 0 aromatic carbocycles. The molecule has 0 radical (unpaired) electrons. The molecule has 1 aromatic heterocycles. The predicted octanol–water partition coefficient (Wildman–Crippen LogP) is 2.77. The topological polar surface area (TPSA) is 58.6 Å². The van der Waals surface area contributed by atoms with Crippen molar-refractivity contribution in [3.05, 3.63) is 24.0 Å². The van der Waals surface area contributed by atoms with Crippen LogP contribution in [0.5, 0.6) is 0 Å². The first kappa shape index (κ1) is 17.1. The van der Waals surface area contributed by atoms with Gasteiger partial charge < -0.3 is 14.5 Å². The van der Waals surface area contributed by atoms with Crippen molar-refractivity contribution in [1.82, 2.24) is 14.9 Å². The van der Waals surface area contributed by atoms with E-state index in [1.807, 2.05) is 25.7 Å². The molecule has 1 aromatic rings. The third-order valence-electron chi connectivity index (χ3n) is 3.15. The summed E-state index contributed by atoms with van der Waals surface area (Å²) in [6, 6.07) is 0. The van der Waals surface area contributed by atoms with Gasteiger partial charge in [0.1, 0.15) is 5.60 Å². The summed E-state index contributed by atoms with van der Waals surface area (Å²) in [5.74, 6) is 0.463. The highest BCUT2D eigenvalue weighted by Crippen LogP contribution is 2.15. The molecule has 23 heavy (non-hydrogen) atoms. The summed E-state index contributed by atoms with van der Waals surface area (Å²) in [7, 11) is 0. The number of amides is 1. The zero-order valence-corrected chi connectivity index (χ0v) is 13.4. The molecule has 0 aliphatic carbocycles. The van der Waals surface area contributed by atoms with Crippen LogP contribution in [-0.2, 0) is 4.74 Å². The molecule has 2 rings (SSSR count). The Balaban J connectivity index is 1.91. The number of aromatic nitrogens is 2. The lowest BCUT2D eigenvalue weighted by Crippen LogP contribution is -2.50. The molecule has 1 aliphatic heterocycles. The number of carbonyl (C=O) groups excluding carboxylic acids is 1. The SMILES string of the molecule is CC(C)(C)OC(=O)N1CCN(c2ncc(C=C(F)F)cn2)CC1. The predicted molar refractivity (Wildman–Crippen MR) is 82.2 cm³/mol. The summed E-state index contributed by atoms with van der Waals surface area (Å²) in [4.78, 5) is 23.7. The van der Waals surface area contributed by atoms with Crippen molar-refractivity contribution in [2.24, 2.45) is 0 Å². The average molecular weight is 326 g/mol. The Morgan fingerprint density at radius 2 is 1.74 bits per heavy atom. The number of halogens is 2. The first-order chi connectivity index (χ1) is 10.7. The van der Waals surface area contributed by atoms with Gasteiger partial charge in [-0.1, -0.05) is 0 Å². The van der Waals surface area contributed by atoms with Crippen LogP contribution in [0.15, 0.2) is 18.5 Å². The van der Waals surface area contributed by atoms with Gasteiger partial charge in [0.2, 0.25) is 5.95 Å². The van der Waals surface area contributed by atoms with Crippen LogP contribution in [0.2, 0.25) is 0 Å². The van der Waals surface area contributed by atoms with Gasteiger partial charge >= 0.3 is 6.09 Å². The first-order valence-electron chi connectivity index (χ1n) is 7.32. The molecule has 0 spiro atoms. The van der Waals surface area contributed by atoms with Gasteiger partial charge in [-0.05, 0) is 20.8 Å². The molecule has 0 saturated carbocycles. The standard InChI is InChI=1S/C15H20F2N4O2/c1-15(2,3)23-14(22)21-6-4-20(5-7-21)13-18-9-11(10-19-13)8-12(16)17/h8-10H,4-7H2,1-3H3. The van der Waals surface area contributed by atoms with E-state index in [-0.39, 0.29) is 11.7 Å². The van der Waals surface area contributed by atoms with E-state index in [4.69, 9.17) is 4.74 Å². The molecule has 1 aliphatic rings. The summed E-state index contributed by atoms with van der Waals surface area (Å²) >= 11 is 0. The maximum absolute atomic E-state index is 12.2. The van der Waals surface area contributed by atoms with Crippen molar-refractivity contribution < 1.29 is 18.3 Å². The number of hydrogen-bond donors (Lipinski definition) is 0. The highest BCUT2D eigenvalue weighted by Gasteiger charge is 2.26. The zero-order valence-electron chi connectivity index (χ0n) is 13.4. The molecule has 0 unspecified atom stereocenters. The highest BCUT2D eigenvalue weighted by molar-refractivity contribution is 5.68. The minimum atomic E-state index is -1.78. The number of hydrogen-bond acceptors (Lipinski definition) is 5. The molecular formula is C15H20F2N4O2. The van der Waals surface area contributed by atoms with E-state index in [0.717, 1.165) is 0 Å². The second-order valence-corrected chi connectivity index (χ2v) is 6.20. The first-order valence-corrected chi connectivity index (χ1v) is 7.32. The van der Waals surface area contributed by atoms with Gasteiger partial charge in [-0.15, -0.1) is 0 Å². The van der Waals surface area contributed by atoms with E-state index in [9.17, 15) is 13.6 Å². The monoisotopic (exact) mass is 326 g/mol. The summed E-state index contributed by atoms with van der Waals surface area (Å²) in [5.41, 5.74) is -0.270. The van der Waals surface area contributed by atoms with Gasteiger partial charge in [0.05, 0.1) is 0 Å². The number of carbonyl (C=O) groups is 1. The number of piperazine rings is 1. The Hall–Kier alpha value is -2.25. The van der Waals surface area contributed by atoms with Crippen LogP contribution in [0.1, 0.15) is 26.3 Å². The third kappa shape index (κ3) is 5.15. The second kappa shape index (κ2) is 6.89. The van der Waals surface area contributed by atoms with Crippen LogP contribution in [0.4, 0.5) is 19.5 Å². The summed E-state index contributed by atoms with van der Waals surface area (Å²) in [5, 5.41) is 0. The van der Waals surface area contributed by atoms with Gasteiger partial charge in [-0.2, -0.15) is 8.78 Å². The van der Waals surface area contributed by atoms with Crippen LogP contribution in [0.3, 0.4) is 0 Å². The Labute approximate surface area is 133 Å². The molecule has 1 amide bonds. The van der Waals surface area contributed by atoms with Crippen LogP contribution in [-0.4, -0.2) is 52.7 Å². The number of ether oxygens (including phenoxy) is 1. The fourth-order valence-corrected chi connectivity index (χ4v) is 2.11. The van der Waals surface area contributed by atoms with E-state index in [1.165, 1.54) is 12.4 Å². The van der Waals surface area contributed by atoms with Crippen LogP contribution < -0.4 is 4.90 Å². The van der Waals surface area contributed by atoms with Crippen molar-refractivity contribution in [1.29, 1.82) is 0 Å². The lowest BCUT2D eigenvalue weighted by atomic mass is 10.2. The second-order valence-electron chi connectivity index (χ2n) is 6.20. The van der Waals surface area contributed by atoms with E-state index in [0.29, 0.717) is 38.2 Å². The van der Waals surface area contributed by atoms with Gasteiger partial charge in [0, 0.05) is 50.2 Å². The van der Waals surface area contributed by atoms with Crippen LogP contribution in [0.25, 0.3) is 6.08 Å². The molecule has 0 bridgehead atoms. The minimum Gasteiger partial charge on any atom is -0.444 e. The van der Waals surface area contributed by atoms with Gasteiger partial charge in [-0.25, -0.2) is 14.8 Å². The molecule has 0 atom stereocenters. The van der Waals surface area contributed by atoms with Gasteiger partial charge in [0.25, 0.3) is 6.08 Å². The van der Waals surface area contributed by atoms with Crippen molar-refractivity contribution in [2.45, 2.75) is 26.4 Å². The minimum absolute atomic E-state index is 0.251. The molecular weight excluding hydrogens is 306 g/mol. The van der Waals surface area contributed by atoms with Crippen molar-refractivity contribution in [2.75, 3.05) is 31.1 Å². The summed E-state index contributed by atoms with van der Waals surface area (Å²) < 4.78 is 29.6. The number of nitrogens with zero attached hydrogens (tertiary/aromatic N) is 4. The lowest BCUT2D eigenvalue weighted by Gasteiger charge is -2.35. The lowest BCUT2D eigenvalue weighted by molar-refractivity contribution is 0.0240. The Kier molecular flexibility index (Phi) is 5.12. The number of anilines is 1. The van der Waals surface area contributed by atoms with Crippen molar-refractivity contribution in [3.63, 3.8) is 0 Å². The molecule has 1 saturated heterocycles. The average Bonchev–Trinajstić information content (AvgIpc) is 2.46. The van der Waals surface area contributed by atoms with Crippen molar-refractivity contribution >= 4 is 18.1 Å². The largest absolute Gasteiger partial charge is 0.444 e. The van der Waals surface area contributed by atoms with E-state index in [2.05, 4.69) is 9.97 Å². The van der Waals surface area contributed by atoms with E-state index < -0.39 is 11.7 Å². The summed E-state index contributed by atoms with van der Waals surface area (Å²) in [6.45, 7) is 7.59. The zero-order chi connectivity index (χ0) is 17.0. The molecule has 1 fully saturated rings. The Bertz CT molecular complexity index is 572. The maximum Gasteiger partial charge on any atom is 0.410 e. The normalized spacial score (nSPS) is 15.3. The van der Waals surface area contributed by atoms with E-state index in [1.54, 1.807) is 4.90 Å². The smallest absolute Gasteiger partial charge is 0.410 e. The number of rotatable bonds is 2. The van der Waals surface area contributed by atoms with Crippen LogP contribution >= 0.6 is 0 Å². The van der Waals surface area contributed by atoms with Crippen molar-refractivity contribution in [3.8, 4) is 0 Å². The highest BCUT2D eigenvalue weighted by atomic mass is 19.3. The Morgan fingerprint density at radius 1 is 1.17 bits per heavy atom. The van der Waals surface area contributed by atoms with Crippen LogP contribution in [0, 0.1) is 0 Å². The molecule has 8 heteroatoms. The van der Waals surface area contributed by atoms with Gasteiger partial charge in [-0.3, -0.25) is 0 Å². The summed E-state index contributed by atoms with van der Waals surface area (Å²) in [6.07, 6.45) is 1.29.